The van der Waals surface area contributed by atoms with Crippen molar-refractivity contribution in [3.63, 3.8) is 0 Å². The molecule has 3 rings (SSSR count). The molecule has 1 saturated heterocycles. The molecular formula is C18H24N2O3S. The highest BCUT2D eigenvalue weighted by Gasteiger charge is 2.27. The van der Waals surface area contributed by atoms with E-state index < -0.39 is 10.0 Å². The summed E-state index contributed by atoms with van der Waals surface area (Å²) in [5.41, 5.74) is 1.12. The summed E-state index contributed by atoms with van der Waals surface area (Å²) in [6.45, 7) is 4.30. The second kappa shape index (κ2) is 7.51. The summed E-state index contributed by atoms with van der Waals surface area (Å²) >= 11 is 0. The highest BCUT2D eigenvalue weighted by molar-refractivity contribution is 7.89. The minimum Gasteiger partial charge on any atom is -0.468 e. The molecule has 1 N–H and O–H groups in total. The lowest BCUT2D eigenvalue weighted by Gasteiger charge is -2.25. The first-order valence-electron chi connectivity index (χ1n) is 8.46. The van der Waals surface area contributed by atoms with Gasteiger partial charge in [-0.3, -0.25) is 4.90 Å². The van der Waals surface area contributed by atoms with Crippen LogP contribution < -0.4 is 4.72 Å². The maximum atomic E-state index is 12.6. The Morgan fingerprint density at radius 3 is 2.46 bits per heavy atom. The third kappa shape index (κ3) is 3.88. The summed E-state index contributed by atoms with van der Waals surface area (Å²) in [5, 5.41) is 0. The maximum absolute atomic E-state index is 12.6. The molecule has 6 heteroatoms. The van der Waals surface area contributed by atoms with Gasteiger partial charge in [-0.1, -0.05) is 19.1 Å². The van der Waals surface area contributed by atoms with Crippen LogP contribution in [0.1, 0.15) is 37.1 Å². The molecule has 0 amide bonds. The normalized spacial score (nSPS) is 17.2. The lowest BCUT2D eigenvalue weighted by atomic mass is 10.2. The zero-order valence-corrected chi connectivity index (χ0v) is 14.8. The van der Waals surface area contributed by atoms with E-state index in [9.17, 15) is 8.42 Å². The fourth-order valence-corrected chi connectivity index (χ4v) is 4.16. The topological polar surface area (TPSA) is 62.6 Å². The number of sulfonamides is 1. The summed E-state index contributed by atoms with van der Waals surface area (Å²) in [4.78, 5) is 2.58. The van der Waals surface area contributed by atoms with Crippen LogP contribution in [-0.4, -0.2) is 33.0 Å². The molecule has 1 aromatic heterocycles. The van der Waals surface area contributed by atoms with Crippen molar-refractivity contribution in [2.75, 3.05) is 19.6 Å². The van der Waals surface area contributed by atoms with Gasteiger partial charge in [-0.2, -0.15) is 0 Å². The van der Waals surface area contributed by atoms with Gasteiger partial charge in [-0.25, -0.2) is 13.1 Å². The Kier molecular flexibility index (Phi) is 5.38. The number of aryl methyl sites for hydroxylation is 1. The van der Waals surface area contributed by atoms with Crippen molar-refractivity contribution in [1.82, 2.24) is 9.62 Å². The number of nitrogens with zero attached hydrogens (tertiary/aromatic N) is 1. The molecule has 1 aromatic carbocycles. The zero-order valence-electron chi connectivity index (χ0n) is 13.9. The summed E-state index contributed by atoms with van der Waals surface area (Å²) in [7, 11) is -3.52. The van der Waals surface area contributed by atoms with Crippen molar-refractivity contribution >= 4 is 10.0 Å². The molecule has 1 unspecified atom stereocenters. The van der Waals surface area contributed by atoms with Crippen LogP contribution in [0.5, 0.6) is 0 Å². The molecule has 1 fully saturated rings. The highest BCUT2D eigenvalue weighted by atomic mass is 32.2. The zero-order chi connectivity index (χ0) is 17.0. The van der Waals surface area contributed by atoms with Crippen LogP contribution in [0.4, 0.5) is 0 Å². The molecule has 0 radical (unpaired) electrons. The van der Waals surface area contributed by atoms with Crippen molar-refractivity contribution in [2.24, 2.45) is 0 Å². The highest BCUT2D eigenvalue weighted by Crippen LogP contribution is 2.25. The molecule has 0 saturated carbocycles. The van der Waals surface area contributed by atoms with Crippen LogP contribution in [0, 0.1) is 0 Å². The molecule has 0 aliphatic carbocycles. The van der Waals surface area contributed by atoms with E-state index in [0.29, 0.717) is 11.4 Å². The average Bonchev–Trinajstić information content (AvgIpc) is 3.29. The van der Waals surface area contributed by atoms with Crippen LogP contribution in [0.2, 0.25) is 0 Å². The van der Waals surface area contributed by atoms with Crippen molar-refractivity contribution in [1.29, 1.82) is 0 Å². The lowest BCUT2D eigenvalue weighted by molar-refractivity contribution is 0.216. The Labute approximate surface area is 143 Å². The van der Waals surface area contributed by atoms with E-state index in [0.717, 1.165) is 43.7 Å². The van der Waals surface area contributed by atoms with E-state index in [1.54, 1.807) is 18.4 Å². The minimum atomic E-state index is -3.52. The molecule has 0 bridgehead atoms. The van der Waals surface area contributed by atoms with Crippen molar-refractivity contribution in [2.45, 2.75) is 37.1 Å². The molecule has 1 atom stereocenters. The van der Waals surface area contributed by atoms with Gasteiger partial charge in [0, 0.05) is 6.54 Å². The molecule has 24 heavy (non-hydrogen) atoms. The number of hydrogen-bond acceptors (Lipinski definition) is 4. The van der Waals surface area contributed by atoms with Gasteiger partial charge in [-0.05, 0) is 62.2 Å². The summed E-state index contributed by atoms with van der Waals surface area (Å²) in [5.74, 6) is 0.806. The van der Waals surface area contributed by atoms with Crippen LogP contribution in [0.15, 0.2) is 52.0 Å². The molecule has 2 aromatic rings. The standard InChI is InChI=1S/C18H24N2O3S/c1-2-15-7-9-16(10-8-15)24(21,22)19-14-17(18-6-5-13-23-18)20-11-3-4-12-20/h5-10,13,17,19H,2-4,11-12,14H2,1H3. The molecular weight excluding hydrogens is 324 g/mol. The fraction of sp³-hybridized carbons (Fsp3) is 0.444. The summed E-state index contributed by atoms with van der Waals surface area (Å²) in [6, 6.07) is 10.7. The van der Waals surface area contributed by atoms with Crippen LogP contribution >= 0.6 is 0 Å². The molecule has 1 aliphatic rings. The molecule has 2 heterocycles. The molecule has 130 valence electrons. The summed E-state index contributed by atoms with van der Waals surface area (Å²) < 4.78 is 33.4. The Balaban J connectivity index is 1.73. The monoisotopic (exact) mass is 348 g/mol. The average molecular weight is 348 g/mol. The lowest BCUT2D eigenvalue weighted by Crippen LogP contribution is -2.36. The first kappa shape index (κ1) is 17.2. The minimum absolute atomic E-state index is 0.0628. The number of rotatable bonds is 7. The fourth-order valence-electron chi connectivity index (χ4n) is 3.12. The number of likely N-dealkylation sites (tertiary alicyclic amines) is 1. The quantitative estimate of drug-likeness (QED) is 0.836. The third-order valence-electron chi connectivity index (χ3n) is 4.56. The Hall–Kier alpha value is -1.63. The van der Waals surface area contributed by atoms with Gasteiger partial charge in [0.1, 0.15) is 5.76 Å². The van der Waals surface area contributed by atoms with Gasteiger partial charge in [0.25, 0.3) is 0 Å². The van der Waals surface area contributed by atoms with Gasteiger partial charge in [0.2, 0.25) is 10.0 Å². The first-order valence-corrected chi connectivity index (χ1v) is 9.94. The van der Waals surface area contributed by atoms with Gasteiger partial charge < -0.3 is 4.42 Å². The second-order valence-corrected chi connectivity index (χ2v) is 7.89. The predicted octanol–water partition coefficient (Wildman–Crippen LogP) is 2.96. The molecule has 1 aliphatic heterocycles. The van der Waals surface area contributed by atoms with E-state index in [1.165, 1.54) is 0 Å². The van der Waals surface area contributed by atoms with E-state index in [2.05, 4.69) is 9.62 Å². The second-order valence-electron chi connectivity index (χ2n) is 6.12. The van der Waals surface area contributed by atoms with Crippen molar-refractivity contribution < 1.29 is 12.8 Å². The maximum Gasteiger partial charge on any atom is 0.240 e. The SMILES string of the molecule is CCc1ccc(S(=O)(=O)NCC(c2ccco2)N2CCCC2)cc1. The Morgan fingerprint density at radius 2 is 1.88 bits per heavy atom. The Bertz CT molecular complexity index is 733. The third-order valence-corrected chi connectivity index (χ3v) is 6.00. The molecule has 0 spiro atoms. The largest absolute Gasteiger partial charge is 0.468 e. The number of benzene rings is 1. The van der Waals surface area contributed by atoms with Gasteiger partial charge in [-0.15, -0.1) is 0 Å². The number of furan rings is 1. The van der Waals surface area contributed by atoms with E-state index in [4.69, 9.17) is 4.42 Å². The van der Waals surface area contributed by atoms with Crippen LogP contribution in [0.25, 0.3) is 0 Å². The molecule has 5 nitrogen and oxygen atoms in total. The van der Waals surface area contributed by atoms with E-state index in [-0.39, 0.29) is 6.04 Å². The van der Waals surface area contributed by atoms with Crippen LogP contribution in [-0.2, 0) is 16.4 Å². The number of nitrogens with one attached hydrogen (secondary N) is 1. The number of hydrogen-bond donors (Lipinski definition) is 1. The summed E-state index contributed by atoms with van der Waals surface area (Å²) in [6.07, 6.45) is 4.81. The van der Waals surface area contributed by atoms with Crippen molar-refractivity contribution in [3.05, 3.63) is 54.0 Å². The van der Waals surface area contributed by atoms with Gasteiger partial charge in [0.15, 0.2) is 0 Å². The Morgan fingerprint density at radius 1 is 1.17 bits per heavy atom. The van der Waals surface area contributed by atoms with Gasteiger partial charge >= 0.3 is 0 Å². The van der Waals surface area contributed by atoms with E-state index >= 15 is 0 Å². The predicted molar refractivity (Wildman–Crippen MR) is 93.3 cm³/mol. The smallest absolute Gasteiger partial charge is 0.240 e. The van der Waals surface area contributed by atoms with Crippen molar-refractivity contribution in [3.8, 4) is 0 Å². The van der Waals surface area contributed by atoms with Gasteiger partial charge in [0.05, 0.1) is 17.2 Å². The van der Waals surface area contributed by atoms with E-state index in [1.807, 2.05) is 31.2 Å². The first-order chi connectivity index (χ1) is 11.6. The van der Waals surface area contributed by atoms with Crippen LogP contribution in [0.3, 0.4) is 0 Å².